The molecule has 1 N–H and O–H groups in total. The van der Waals surface area contributed by atoms with Crippen LogP contribution in [0.15, 0.2) is 24.3 Å². The molecule has 0 aliphatic heterocycles. The Bertz CT molecular complexity index is 448. The van der Waals surface area contributed by atoms with Crippen LogP contribution in [0.1, 0.15) is 18.9 Å². The van der Waals surface area contributed by atoms with Crippen LogP contribution in [0.3, 0.4) is 0 Å². The van der Waals surface area contributed by atoms with E-state index >= 15 is 0 Å². The second-order valence-corrected chi connectivity index (χ2v) is 4.16. The average Bonchev–Trinajstić information content (AvgIpc) is 2.38. The highest BCUT2D eigenvalue weighted by atomic mass is 19.4. The molecule has 118 valence electrons. The molecule has 0 saturated heterocycles. The topological polar surface area (TPSA) is 59.0 Å². The van der Waals surface area contributed by atoms with E-state index in [9.17, 15) is 18.0 Å². The highest BCUT2D eigenvalue weighted by Crippen LogP contribution is 2.22. The summed E-state index contributed by atoms with van der Waals surface area (Å²) < 4.78 is 39.7. The van der Waals surface area contributed by atoms with Crippen LogP contribution < -0.4 is 4.74 Å². The van der Waals surface area contributed by atoms with E-state index in [1.54, 1.807) is 0 Å². The molecule has 0 fully saturated rings. The lowest BCUT2D eigenvalue weighted by atomic mass is 10.2. The van der Waals surface area contributed by atoms with E-state index in [0.717, 1.165) is 17.2 Å². The van der Waals surface area contributed by atoms with E-state index < -0.39 is 6.36 Å². The molecule has 5 nitrogen and oxygen atoms in total. The molecule has 1 rings (SSSR count). The van der Waals surface area contributed by atoms with Crippen LogP contribution >= 0.6 is 0 Å². The highest BCUT2D eigenvalue weighted by Gasteiger charge is 2.30. The van der Waals surface area contributed by atoms with Crippen molar-refractivity contribution in [2.45, 2.75) is 26.3 Å². The third-order valence-electron chi connectivity index (χ3n) is 2.41. The molecule has 0 atom stereocenters. The SMILES string of the molecule is CC(=O)N(CCCO)OCc1ccc(OC(F)(F)F)cc1. The van der Waals surface area contributed by atoms with Gasteiger partial charge in [0.15, 0.2) is 0 Å². The van der Waals surface area contributed by atoms with Crippen molar-refractivity contribution in [2.24, 2.45) is 0 Å². The lowest BCUT2D eigenvalue weighted by molar-refractivity contribution is -0.274. The van der Waals surface area contributed by atoms with Gasteiger partial charge in [0.2, 0.25) is 5.91 Å². The number of carbonyl (C=O) groups excluding carboxylic acids is 1. The first-order valence-electron chi connectivity index (χ1n) is 6.18. The van der Waals surface area contributed by atoms with Crippen molar-refractivity contribution in [1.29, 1.82) is 0 Å². The Labute approximate surface area is 119 Å². The number of halogens is 3. The summed E-state index contributed by atoms with van der Waals surface area (Å²) in [6.07, 6.45) is -4.36. The van der Waals surface area contributed by atoms with E-state index in [4.69, 9.17) is 9.94 Å². The standard InChI is InChI=1S/C13H16F3NO4/c1-10(19)17(7-2-8-18)20-9-11-3-5-12(6-4-11)21-13(14,15)16/h3-6,18H,2,7-9H2,1H3. The third-order valence-corrected chi connectivity index (χ3v) is 2.41. The van der Waals surface area contributed by atoms with Crippen molar-refractivity contribution in [2.75, 3.05) is 13.2 Å². The minimum atomic E-state index is -4.73. The van der Waals surface area contributed by atoms with Gasteiger partial charge in [-0.1, -0.05) is 12.1 Å². The summed E-state index contributed by atoms with van der Waals surface area (Å²) >= 11 is 0. The predicted molar refractivity (Wildman–Crippen MR) is 67.0 cm³/mol. The maximum atomic E-state index is 12.0. The van der Waals surface area contributed by atoms with Crippen LogP contribution in [-0.4, -0.2) is 35.6 Å². The Morgan fingerprint density at radius 3 is 2.38 bits per heavy atom. The molecule has 0 aromatic heterocycles. The van der Waals surface area contributed by atoms with Gasteiger partial charge in [-0.3, -0.25) is 9.63 Å². The Morgan fingerprint density at radius 2 is 1.90 bits per heavy atom. The van der Waals surface area contributed by atoms with Crippen molar-refractivity contribution in [3.63, 3.8) is 0 Å². The monoisotopic (exact) mass is 307 g/mol. The van der Waals surface area contributed by atoms with E-state index in [2.05, 4.69) is 4.74 Å². The first-order chi connectivity index (χ1) is 9.81. The van der Waals surface area contributed by atoms with Gasteiger partial charge >= 0.3 is 6.36 Å². The molecule has 0 aliphatic rings. The minimum absolute atomic E-state index is 0.0251. The summed E-state index contributed by atoms with van der Waals surface area (Å²) in [5.74, 6) is -0.643. The Hall–Kier alpha value is -1.80. The summed E-state index contributed by atoms with van der Waals surface area (Å²) in [4.78, 5) is 16.5. The second kappa shape index (κ2) is 7.84. The van der Waals surface area contributed by atoms with Gasteiger partial charge < -0.3 is 9.84 Å². The predicted octanol–water partition coefficient (Wildman–Crippen LogP) is 2.25. The molecule has 0 saturated carbocycles. The zero-order chi connectivity index (χ0) is 15.9. The molecule has 0 unspecified atom stereocenters. The molecule has 0 aliphatic carbocycles. The van der Waals surface area contributed by atoms with Crippen LogP contribution in [0.4, 0.5) is 13.2 Å². The number of aliphatic hydroxyl groups excluding tert-OH is 1. The fourth-order valence-corrected chi connectivity index (χ4v) is 1.47. The van der Waals surface area contributed by atoms with Gasteiger partial charge in [-0.05, 0) is 24.1 Å². The number of hydrogen-bond donors (Lipinski definition) is 1. The van der Waals surface area contributed by atoms with E-state index in [0.29, 0.717) is 12.0 Å². The Kier molecular flexibility index (Phi) is 6.44. The van der Waals surface area contributed by atoms with Crippen LogP contribution in [0.25, 0.3) is 0 Å². The van der Waals surface area contributed by atoms with Gasteiger partial charge in [0.05, 0.1) is 6.54 Å². The van der Waals surface area contributed by atoms with Gasteiger partial charge in [0.1, 0.15) is 12.4 Å². The fraction of sp³-hybridized carbons (Fsp3) is 0.462. The molecule has 1 aromatic rings. The van der Waals surface area contributed by atoms with Gasteiger partial charge in [-0.25, -0.2) is 5.06 Å². The molecule has 0 radical (unpaired) electrons. The number of nitrogens with zero attached hydrogens (tertiary/aromatic N) is 1. The molecule has 1 aromatic carbocycles. The minimum Gasteiger partial charge on any atom is -0.406 e. The summed E-state index contributed by atoms with van der Waals surface area (Å²) in [5, 5.41) is 9.80. The molecule has 1 amide bonds. The Balaban J connectivity index is 2.53. The first kappa shape index (κ1) is 17.3. The van der Waals surface area contributed by atoms with Crippen molar-refractivity contribution in [3.8, 4) is 5.75 Å². The number of hydroxylamine groups is 2. The molecule has 8 heteroatoms. The smallest absolute Gasteiger partial charge is 0.406 e. The largest absolute Gasteiger partial charge is 0.573 e. The maximum absolute atomic E-state index is 12.0. The van der Waals surface area contributed by atoms with Gasteiger partial charge in [0.25, 0.3) is 0 Å². The number of aliphatic hydroxyl groups is 1. The summed E-state index contributed by atoms with van der Waals surface area (Å²) in [7, 11) is 0. The number of benzene rings is 1. The normalized spacial score (nSPS) is 11.3. The van der Waals surface area contributed by atoms with Crippen LogP contribution in [-0.2, 0) is 16.2 Å². The average molecular weight is 307 g/mol. The summed E-state index contributed by atoms with van der Waals surface area (Å²) in [6.45, 7) is 1.51. The zero-order valence-electron chi connectivity index (χ0n) is 11.4. The van der Waals surface area contributed by atoms with Crippen molar-refractivity contribution in [3.05, 3.63) is 29.8 Å². The number of amides is 1. The van der Waals surface area contributed by atoms with Gasteiger partial charge in [-0.15, -0.1) is 13.2 Å². The molecular formula is C13H16F3NO4. The van der Waals surface area contributed by atoms with Crippen molar-refractivity contribution < 1.29 is 32.6 Å². The van der Waals surface area contributed by atoms with E-state index in [-0.39, 0.29) is 31.4 Å². The lowest BCUT2D eigenvalue weighted by Crippen LogP contribution is -2.30. The number of alkyl halides is 3. The van der Waals surface area contributed by atoms with E-state index in [1.165, 1.54) is 19.1 Å². The third kappa shape index (κ3) is 6.96. The number of hydrogen-bond acceptors (Lipinski definition) is 4. The summed E-state index contributed by atoms with van der Waals surface area (Å²) in [6, 6.07) is 5.15. The molecule has 21 heavy (non-hydrogen) atoms. The number of carbonyl (C=O) groups is 1. The van der Waals surface area contributed by atoms with Gasteiger partial charge in [-0.2, -0.15) is 0 Å². The highest BCUT2D eigenvalue weighted by molar-refractivity contribution is 5.71. The van der Waals surface area contributed by atoms with Crippen LogP contribution in [0, 0.1) is 0 Å². The first-order valence-corrected chi connectivity index (χ1v) is 6.18. The fourth-order valence-electron chi connectivity index (χ4n) is 1.47. The molecule has 0 heterocycles. The maximum Gasteiger partial charge on any atom is 0.573 e. The van der Waals surface area contributed by atoms with Crippen molar-refractivity contribution >= 4 is 5.91 Å². The molecule has 0 bridgehead atoms. The van der Waals surface area contributed by atoms with Crippen LogP contribution in [0.5, 0.6) is 5.75 Å². The molecule has 0 spiro atoms. The molecular weight excluding hydrogens is 291 g/mol. The number of ether oxygens (including phenoxy) is 1. The number of rotatable bonds is 7. The Morgan fingerprint density at radius 1 is 1.29 bits per heavy atom. The summed E-state index contributed by atoms with van der Waals surface area (Å²) in [5.41, 5.74) is 0.583. The second-order valence-electron chi connectivity index (χ2n) is 4.16. The van der Waals surface area contributed by atoms with E-state index in [1.807, 2.05) is 0 Å². The zero-order valence-corrected chi connectivity index (χ0v) is 11.4. The lowest BCUT2D eigenvalue weighted by Gasteiger charge is -2.20. The van der Waals surface area contributed by atoms with Crippen molar-refractivity contribution in [1.82, 2.24) is 5.06 Å². The quantitative estimate of drug-likeness (QED) is 0.785. The van der Waals surface area contributed by atoms with Crippen LogP contribution in [0.2, 0.25) is 0 Å². The van der Waals surface area contributed by atoms with Gasteiger partial charge in [0, 0.05) is 13.5 Å².